The molecule has 0 aromatic heterocycles. The molecule has 8 heteroatoms. The molecular weight excluding hydrogens is 414 g/mol. The van der Waals surface area contributed by atoms with E-state index in [2.05, 4.69) is 24.0 Å². The number of nitrogens with one attached hydrogen (secondary N) is 1. The van der Waals surface area contributed by atoms with E-state index in [0.717, 1.165) is 12.5 Å². The van der Waals surface area contributed by atoms with Crippen molar-refractivity contribution in [2.45, 2.75) is 17.2 Å². The van der Waals surface area contributed by atoms with Gasteiger partial charge in [0.2, 0.25) is 21.8 Å². The molecule has 0 bridgehead atoms. The lowest BCUT2D eigenvalue weighted by Gasteiger charge is -2.34. The molecule has 7 nitrogen and oxygen atoms in total. The van der Waals surface area contributed by atoms with Gasteiger partial charge in [-0.1, -0.05) is 36.9 Å². The number of piperazine rings is 1. The summed E-state index contributed by atoms with van der Waals surface area (Å²) >= 11 is 0. The number of rotatable bonds is 6. The summed E-state index contributed by atoms with van der Waals surface area (Å²) < 4.78 is 27.3. The van der Waals surface area contributed by atoms with Gasteiger partial charge in [-0.2, -0.15) is 4.31 Å². The van der Waals surface area contributed by atoms with Gasteiger partial charge in [0.15, 0.2) is 0 Å². The Morgan fingerprint density at radius 3 is 2.23 bits per heavy atom. The van der Waals surface area contributed by atoms with Crippen molar-refractivity contribution in [1.82, 2.24) is 9.21 Å². The Kier molecular flexibility index (Phi) is 5.93. The third kappa shape index (κ3) is 4.55. The Balaban J connectivity index is 1.34. The van der Waals surface area contributed by atoms with Gasteiger partial charge in [-0.15, -0.1) is 0 Å². The Morgan fingerprint density at radius 2 is 1.61 bits per heavy atom. The molecule has 2 aromatic carbocycles. The smallest absolute Gasteiger partial charge is 0.247 e. The zero-order valence-electron chi connectivity index (χ0n) is 17.1. The minimum Gasteiger partial charge on any atom is -0.340 e. The highest BCUT2D eigenvalue weighted by Gasteiger charge is 2.46. The molecule has 1 N–H and O–H groups in total. The maximum absolute atomic E-state index is 13.0. The Morgan fingerprint density at radius 1 is 0.968 bits per heavy atom. The van der Waals surface area contributed by atoms with Gasteiger partial charge in [-0.3, -0.25) is 9.59 Å². The second-order valence-corrected chi connectivity index (χ2v) is 9.74. The molecule has 2 fully saturated rings. The van der Waals surface area contributed by atoms with Crippen molar-refractivity contribution < 1.29 is 18.0 Å². The van der Waals surface area contributed by atoms with E-state index in [1.807, 2.05) is 18.2 Å². The molecule has 1 saturated heterocycles. The van der Waals surface area contributed by atoms with Crippen molar-refractivity contribution in [2.75, 3.05) is 31.5 Å². The van der Waals surface area contributed by atoms with Crippen LogP contribution in [-0.2, 0) is 19.6 Å². The van der Waals surface area contributed by atoms with Gasteiger partial charge in [0.05, 0.1) is 4.90 Å². The van der Waals surface area contributed by atoms with E-state index in [0.29, 0.717) is 18.8 Å². The van der Waals surface area contributed by atoms with Crippen molar-refractivity contribution in [3.05, 3.63) is 72.8 Å². The molecule has 2 atom stereocenters. The fourth-order valence-electron chi connectivity index (χ4n) is 3.97. The molecule has 0 radical (unpaired) electrons. The monoisotopic (exact) mass is 439 g/mol. The molecule has 2 aliphatic rings. The van der Waals surface area contributed by atoms with E-state index < -0.39 is 10.0 Å². The highest BCUT2D eigenvalue weighted by molar-refractivity contribution is 7.89. The second kappa shape index (κ2) is 8.64. The first-order valence-electron chi connectivity index (χ1n) is 10.3. The Bertz CT molecular complexity index is 1080. The molecule has 0 spiro atoms. The number of benzene rings is 2. The molecule has 162 valence electrons. The molecule has 31 heavy (non-hydrogen) atoms. The van der Waals surface area contributed by atoms with Crippen LogP contribution in [0.25, 0.3) is 0 Å². The van der Waals surface area contributed by atoms with Gasteiger partial charge in [0.25, 0.3) is 0 Å². The summed E-state index contributed by atoms with van der Waals surface area (Å²) in [7, 11) is -3.66. The minimum atomic E-state index is -3.66. The highest BCUT2D eigenvalue weighted by Crippen LogP contribution is 2.48. The number of carbonyl (C=O) groups is 2. The van der Waals surface area contributed by atoms with Crippen LogP contribution in [0.5, 0.6) is 0 Å². The first-order valence-corrected chi connectivity index (χ1v) is 11.7. The fourth-order valence-corrected chi connectivity index (χ4v) is 5.39. The predicted molar refractivity (Wildman–Crippen MR) is 118 cm³/mol. The fraction of sp³-hybridized carbons (Fsp3) is 0.304. The molecule has 2 amide bonds. The zero-order chi connectivity index (χ0) is 22.0. The first kappa shape index (κ1) is 21.3. The Labute approximate surface area is 182 Å². The second-order valence-electron chi connectivity index (χ2n) is 7.81. The summed E-state index contributed by atoms with van der Waals surface area (Å²) in [6.07, 6.45) is 2.01. The van der Waals surface area contributed by atoms with Gasteiger partial charge in [-0.25, -0.2) is 8.42 Å². The van der Waals surface area contributed by atoms with Crippen molar-refractivity contribution in [1.29, 1.82) is 0 Å². The summed E-state index contributed by atoms with van der Waals surface area (Å²) in [6.45, 7) is 4.71. The summed E-state index contributed by atoms with van der Waals surface area (Å²) in [5.74, 6) is 0.0363. The predicted octanol–water partition coefficient (Wildman–Crippen LogP) is 2.45. The normalized spacial score (nSPS) is 21.4. The number of hydrogen-bond acceptors (Lipinski definition) is 4. The number of sulfonamides is 1. The van der Waals surface area contributed by atoms with Gasteiger partial charge in [0.1, 0.15) is 0 Å². The highest BCUT2D eigenvalue weighted by atomic mass is 32.2. The molecule has 1 saturated carbocycles. The van der Waals surface area contributed by atoms with Crippen LogP contribution in [-0.4, -0.2) is 55.6 Å². The first-order chi connectivity index (χ1) is 14.9. The van der Waals surface area contributed by atoms with Crippen LogP contribution < -0.4 is 5.32 Å². The van der Waals surface area contributed by atoms with Crippen LogP contribution in [0, 0.1) is 5.92 Å². The van der Waals surface area contributed by atoms with E-state index in [4.69, 9.17) is 0 Å². The lowest BCUT2D eigenvalue weighted by Crippen LogP contribution is -2.51. The summed E-state index contributed by atoms with van der Waals surface area (Å²) in [4.78, 5) is 26.1. The lowest BCUT2D eigenvalue weighted by molar-refractivity contribution is -0.133. The number of anilines is 1. The van der Waals surface area contributed by atoms with E-state index in [1.54, 1.807) is 17.0 Å². The average molecular weight is 440 g/mol. The maximum atomic E-state index is 13.0. The summed E-state index contributed by atoms with van der Waals surface area (Å²) in [5, 5.41) is 2.59. The Hall–Kier alpha value is -2.97. The number of amides is 2. The molecule has 2 aromatic rings. The SMILES string of the molecule is C=CC(=O)Nc1ccc(S(=O)(=O)N2CCN(C(=O)[C@H]3C[C@@H]3c3ccccc3)CC2)cc1. The van der Waals surface area contributed by atoms with E-state index in [-0.39, 0.29) is 41.6 Å². The minimum absolute atomic E-state index is 0.00359. The quantitative estimate of drug-likeness (QED) is 0.701. The molecule has 4 rings (SSSR count). The van der Waals surface area contributed by atoms with E-state index >= 15 is 0 Å². The molecule has 1 aliphatic carbocycles. The van der Waals surface area contributed by atoms with Crippen molar-refractivity contribution >= 4 is 27.5 Å². The summed E-state index contributed by atoms with van der Waals surface area (Å²) in [5.41, 5.74) is 1.69. The zero-order valence-corrected chi connectivity index (χ0v) is 17.9. The lowest BCUT2D eigenvalue weighted by atomic mass is 10.1. The van der Waals surface area contributed by atoms with Crippen LogP contribution >= 0.6 is 0 Å². The van der Waals surface area contributed by atoms with Crippen LogP contribution in [0.1, 0.15) is 17.9 Å². The van der Waals surface area contributed by atoms with Crippen LogP contribution in [0.15, 0.2) is 72.1 Å². The van der Waals surface area contributed by atoms with Crippen molar-refractivity contribution in [3.8, 4) is 0 Å². The van der Waals surface area contributed by atoms with Crippen LogP contribution in [0.2, 0.25) is 0 Å². The average Bonchev–Trinajstić information content (AvgIpc) is 3.60. The molecule has 0 unspecified atom stereocenters. The standard InChI is InChI=1S/C23H25N3O4S/c1-2-22(27)24-18-8-10-19(11-9-18)31(29,30)26-14-12-25(13-15-26)23(28)21-16-20(21)17-6-4-3-5-7-17/h2-11,20-21H,1,12-16H2,(H,24,27)/t20-,21+/m1/s1. The van der Waals surface area contributed by atoms with Crippen molar-refractivity contribution in [2.24, 2.45) is 5.92 Å². The summed E-state index contributed by atoms with van der Waals surface area (Å²) in [6, 6.07) is 16.1. The third-order valence-corrected chi connectivity index (χ3v) is 7.74. The molecule has 1 aliphatic heterocycles. The third-order valence-electron chi connectivity index (χ3n) is 5.83. The van der Waals surface area contributed by atoms with E-state index in [9.17, 15) is 18.0 Å². The van der Waals surface area contributed by atoms with Crippen LogP contribution in [0.4, 0.5) is 5.69 Å². The largest absolute Gasteiger partial charge is 0.340 e. The van der Waals surface area contributed by atoms with Gasteiger partial charge >= 0.3 is 0 Å². The number of nitrogens with zero attached hydrogens (tertiary/aromatic N) is 2. The molecular formula is C23H25N3O4S. The topological polar surface area (TPSA) is 86.8 Å². The molecule has 1 heterocycles. The van der Waals surface area contributed by atoms with Gasteiger partial charge < -0.3 is 10.2 Å². The number of carbonyl (C=O) groups excluding carboxylic acids is 2. The van der Waals surface area contributed by atoms with Crippen LogP contribution in [0.3, 0.4) is 0 Å². The maximum Gasteiger partial charge on any atom is 0.247 e. The van der Waals surface area contributed by atoms with Gasteiger partial charge in [-0.05, 0) is 48.2 Å². The van der Waals surface area contributed by atoms with E-state index in [1.165, 1.54) is 22.0 Å². The number of hydrogen-bond donors (Lipinski definition) is 1. The van der Waals surface area contributed by atoms with Gasteiger partial charge in [0, 0.05) is 37.8 Å². The van der Waals surface area contributed by atoms with Crippen molar-refractivity contribution in [3.63, 3.8) is 0 Å².